The largest absolute Gasteiger partial charge is 0.497 e. The van der Waals surface area contributed by atoms with Crippen molar-refractivity contribution in [2.75, 3.05) is 19.0 Å². The minimum atomic E-state index is 0.0546. The fraction of sp³-hybridized carbons (Fsp3) is 0.292. The molecule has 0 saturated carbocycles. The molecule has 1 unspecified atom stereocenters. The summed E-state index contributed by atoms with van der Waals surface area (Å²) in [7, 11) is 1.66. The summed E-state index contributed by atoms with van der Waals surface area (Å²) >= 11 is 1.71. The molecule has 4 rings (SSSR count). The summed E-state index contributed by atoms with van der Waals surface area (Å²) < 4.78 is 11.0. The van der Waals surface area contributed by atoms with Crippen LogP contribution in [0.2, 0.25) is 0 Å². The molecule has 0 bridgehead atoms. The zero-order chi connectivity index (χ0) is 20.2. The van der Waals surface area contributed by atoms with Crippen LogP contribution < -0.4 is 14.8 Å². The monoisotopic (exact) mass is 407 g/mol. The Morgan fingerprint density at radius 1 is 1.07 bits per heavy atom. The lowest BCUT2D eigenvalue weighted by atomic mass is 9.89. The van der Waals surface area contributed by atoms with Crippen molar-refractivity contribution < 1.29 is 14.3 Å². The molecule has 1 amide bonds. The van der Waals surface area contributed by atoms with Gasteiger partial charge in [0, 0.05) is 28.2 Å². The van der Waals surface area contributed by atoms with E-state index in [1.165, 1.54) is 4.88 Å². The van der Waals surface area contributed by atoms with E-state index in [4.69, 9.17) is 9.47 Å². The second kappa shape index (κ2) is 8.70. The van der Waals surface area contributed by atoms with Gasteiger partial charge in [0.25, 0.3) is 0 Å². The fourth-order valence-corrected chi connectivity index (χ4v) is 4.77. The SMILES string of the molecule is CCCCOc1ccc(C2CC(=O)Nc3c(-c4ccc(OC)cc4)csc32)cc1. The first kappa shape index (κ1) is 19.5. The van der Waals surface area contributed by atoms with E-state index in [-0.39, 0.29) is 11.8 Å². The summed E-state index contributed by atoms with van der Waals surface area (Å²) in [5, 5.41) is 5.23. The van der Waals surface area contributed by atoms with Crippen molar-refractivity contribution >= 4 is 22.9 Å². The van der Waals surface area contributed by atoms with Gasteiger partial charge in [0.2, 0.25) is 5.91 Å². The van der Waals surface area contributed by atoms with Gasteiger partial charge in [0.15, 0.2) is 0 Å². The van der Waals surface area contributed by atoms with Crippen LogP contribution in [0.4, 0.5) is 5.69 Å². The number of hydrogen-bond donors (Lipinski definition) is 1. The van der Waals surface area contributed by atoms with Gasteiger partial charge in [-0.05, 0) is 41.8 Å². The van der Waals surface area contributed by atoms with Crippen molar-refractivity contribution in [3.8, 4) is 22.6 Å². The van der Waals surface area contributed by atoms with E-state index in [2.05, 4.69) is 29.8 Å². The molecule has 2 heterocycles. The third-order valence-corrected chi connectivity index (χ3v) is 6.34. The van der Waals surface area contributed by atoms with Crippen molar-refractivity contribution in [1.82, 2.24) is 0 Å². The first-order valence-corrected chi connectivity index (χ1v) is 10.9. The van der Waals surface area contributed by atoms with E-state index in [1.807, 2.05) is 36.4 Å². The Bertz CT molecular complexity index is 976. The van der Waals surface area contributed by atoms with E-state index in [1.54, 1.807) is 18.4 Å². The molecule has 0 radical (unpaired) electrons. The molecule has 4 nitrogen and oxygen atoms in total. The number of fused-ring (bicyclic) bond motifs is 1. The highest BCUT2D eigenvalue weighted by Gasteiger charge is 2.30. The van der Waals surface area contributed by atoms with Crippen LogP contribution in [0.25, 0.3) is 11.1 Å². The maximum Gasteiger partial charge on any atom is 0.225 e. The second-order valence-electron chi connectivity index (χ2n) is 7.19. The lowest BCUT2D eigenvalue weighted by Gasteiger charge is -2.24. The van der Waals surface area contributed by atoms with E-state index in [0.29, 0.717) is 6.42 Å². The number of benzene rings is 2. The van der Waals surface area contributed by atoms with Crippen molar-refractivity contribution in [2.24, 2.45) is 0 Å². The first-order chi connectivity index (χ1) is 14.2. The van der Waals surface area contributed by atoms with Gasteiger partial charge in [-0.1, -0.05) is 37.6 Å². The van der Waals surface area contributed by atoms with Crippen molar-refractivity contribution in [3.63, 3.8) is 0 Å². The molecule has 0 fully saturated rings. The molecule has 1 aromatic heterocycles. The van der Waals surface area contributed by atoms with Gasteiger partial charge < -0.3 is 14.8 Å². The highest BCUT2D eigenvalue weighted by atomic mass is 32.1. The minimum absolute atomic E-state index is 0.0546. The summed E-state index contributed by atoms with van der Waals surface area (Å²) in [6.07, 6.45) is 2.63. The number of unbranched alkanes of at least 4 members (excludes halogenated alkanes) is 1. The van der Waals surface area contributed by atoms with E-state index in [9.17, 15) is 4.79 Å². The Balaban J connectivity index is 1.61. The van der Waals surface area contributed by atoms with Crippen LogP contribution in [0.15, 0.2) is 53.9 Å². The molecule has 1 atom stereocenters. The Labute approximate surface area is 175 Å². The summed E-state index contributed by atoms with van der Waals surface area (Å²) in [4.78, 5) is 13.7. The zero-order valence-corrected chi connectivity index (χ0v) is 17.6. The Hall–Kier alpha value is -2.79. The highest BCUT2D eigenvalue weighted by Crippen LogP contribution is 2.46. The predicted molar refractivity (Wildman–Crippen MR) is 118 cm³/mol. The fourth-order valence-electron chi connectivity index (χ4n) is 3.61. The zero-order valence-electron chi connectivity index (χ0n) is 16.7. The standard InChI is InChI=1S/C24H25NO3S/c1-3-4-13-28-19-11-7-16(8-12-19)20-14-22(26)25-23-21(15-29-24(20)23)17-5-9-18(27-2)10-6-17/h5-12,15,20H,3-4,13-14H2,1-2H3,(H,25,26). The van der Waals surface area contributed by atoms with E-state index in [0.717, 1.165) is 53.3 Å². The van der Waals surface area contributed by atoms with Crippen LogP contribution in [-0.2, 0) is 4.79 Å². The normalized spacial score (nSPS) is 15.5. The third-order valence-electron chi connectivity index (χ3n) is 5.24. The van der Waals surface area contributed by atoms with Crippen LogP contribution >= 0.6 is 11.3 Å². The van der Waals surface area contributed by atoms with Gasteiger partial charge in [0.1, 0.15) is 11.5 Å². The van der Waals surface area contributed by atoms with Gasteiger partial charge in [-0.25, -0.2) is 0 Å². The van der Waals surface area contributed by atoms with Crippen molar-refractivity contribution in [3.05, 3.63) is 64.4 Å². The quantitative estimate of drug-likeness (QED) is 0.483. The number of hydrogen-bond acceptors (Lipinski definition) is 4. The van der Waals surface area contributed by atoms with Crippen LogP contribution in [0.5, 0.6) is 11.5 Å². The number of ether oxygens (including phenoxy) is 2. The Kier molecular flexibility index (Phi) is 5.86. The van der Waals surface area contributed by atoms with Crippen molar-refractivity contribution in [2.45, 2.75) is 32.1 Å². The van der Waals surface area contributed by atoms with Gasteiger partial charge in [0.05, 0.1) is 19.4 Å². The highest BCUT2D eigenvalue weighted by molar-refractivity contribution is 7.11. The van der Waals surface area contributed by atoms with Gasteiger partial charge in [-0.3, -0.25) is 4.79 Å². The lowest BCUT2D eigenvalue weighted by Crippen LogP contribution is -2.22. The average Bonchev–Trinajstić information content (AvgIpc) is 3.17. The molecule has 0 aliphatic carbocycles. The van der Waals surface area contributed by atoms with Crippen LogP contribution in [0.1, 0.15) is 42.5 Å². The molecule has 3 aromatic rings. The summed E-state index contributed by atoms with van der Waals surface area (Å²) in [5.74, 6) is 1.83. The molecular weight excluding hydrogens is 382 g/mol. The molecule has 0 saturated heterocycles. The molecule has 0 spiro atoms. The van der Waals surface area contributed by atoms with Crippen LogP contribution in [0, 0.1) is 0 Å². The summed E-state index contributed by atoms with van der Waals surface area (Å²) in [6, 6.07) is 16.1. The molecule has 150 valence electrons. The smallest absolute Gasteiger partial charge is 0.225 e. The summed E-state index contributed by atoms with van der Waals surface area (Å²) in [5.41, 5.74) is 4.21. The molecule has 5 heteroatoms. The molecule has 2 aromatic carbocycles. The minimum Gasteiger partial charge on any atom is -0.497 e. The lowest BCUT2D eigenvalue weighted by molar-refractivity contribution is -0.116. The number of amides is 1. The maximum atomic E-state index is 12.5. The van der Waals surface area contributed by atoms with Crippen LogP contribution in [0.3, 0.4) is 0 Å². The number of nitrogens with one attached hydrogen (secondary N) is 1. The molecular formula is C24H25NO3S. The second-order valence-corrected chi connectivity index (χ2v) is 8.10. The molecule has 1 N–H and O–H groups in total. The van der Waals surface area contributed by atoms with Gasteiger partial charge >= 0.3 is 0 Å². The maximum absolute atomic E-state index is 12.5. The topological polar surface area (TPSA) is 47.6 Å². The summed E-state index contributed by atoms with van der Waals surface area (Å²) in [6.45, 7) is 2.89. The number of thiophene rings is 1. The number of carbonyl (C=O) groups excluding carboxylic acids is 1. The number of carbonyl (C=O) groups is 1. The molecule has 1 aliphatic heterocycles. The Morgan fingerprint density at radius 2 is 1.79 bits per heavy atom. The van der Waals surface area contributed by atoms with E-state index < -0.39 is 0 Å². The van der Waals surface area contributed by atoms with Gasteiger partial charge in [-0.15, -0.1) is 11.3 Å². The predicted octanol–water partition coefficient (Wildman–Crippen LogP) is 6.08. The number of anilines is 1. The average molecular weight is 408 g/mol. The van der Waals surface area contributed by atoms with E-state index >= 15 is 0 Å². The Morgan fingerprint density at radius 3 is 2.48 bits per heavy atom. The molecule has 29 heavy (non-hydrogen) atoms. The number of methoxy groups -OCH3 is 1. The number of rotatable bonds is 7. The van der Waals surface area contributed by atoms with Crippen LogP contribution in [-0.4, -0.2) is 19.6 Å². The third kappa shape index (κ3) is 4.15. The van der Waals surface area contributed by atoms with Gasteiger partial charge in [-0.2, -0.15) is 0 Å². The van der Waals surface area contributed by atoms with Crippen molar-refractivity contribution in [1.29, 1.82) is 0 Å². The molecule has 1 aliphatic rings. The first-order valence-electron chi connectivity index (χ1n) is 9.98.